The molecule has 16 heavy (non-hydrogen) atoms. The first-order valence-corrected chi connectivity index (χ1v) is 7.15. The molecular weight excluding hydrogens is 218 g/mol. The van der Waals surface area contributed by atoms with Crippen LogP contribution < -0.4 is 10.1 Å². The van der Waals surface area contributed by atoms with E-state index >= 15 is 0 Å². The number of hydrogen-bond donors (Lipinski definition) is 1. The fourth-order valence-corrected chi connectivity index (χ4v) is 3.47. The molecule has 2 nitrogen and oxygen atoms in total. The van der Waals surface area contributed by atoms with Crippen LogP contribution in [0.1, 0.15) is 17.5 Å². The van der Waals surface area contributed by atoms with Crippen molar-refractivity contribution in [2.45, 2.75) is 25.5 Å². The van der Waals surface area contributed by atoms with Gasteiger partial charge in [0.1, 0.15) is 11.9 Å². The first-order chi connectivity index (χ1) is 7.93. The van der Waals surface area contributed by atoms with Crippen LogP contribution in [0.15, 0.2) is 18.2 Å². The Labute approximate surface area is 101 Å². The number of benzene rings is 1. The summed E-state index contributed by atoms with van der Waals surface area (Å²) in [7, 11) is 0. The van der Waals surface area contributed by atoms with Gasteiger partial charge in [-0.1, -0.05) is 12.1 Å². The van der Waals surface area contributed by atoms with Gasteiger partial charge in [0.05, 0.1) is 0 Å². The van der Waals surface area contributed by atoms with Gasteiger partial charge < -0.3 is 10.1 Å². The molecule has 1 unspecified atom stereocenters. The molecule has 0 radical (unpaired) electrons. The summed E-state index contributed by atoms with van der Waals surface area (Å²) in [4.78, 5) is 0. The molecule has 1 atom stereocenters. The monoisotopic (exact) mass is 235 g/mol. The maximum atomic E-state index is 6.11. The Bertz CT molecular complexity index is 374. The van der Waals surface area contributed by atoms with E-state index in [4.69, 9.17) is 4.74 Å². The molecule has 3 rings (SSSR count). The molecule has 2 aliphatic heterocycles. The molecule has 1 fully saturated rings. The summed E-state index contributed by atoms with van der Waals surface area (Å²) in [6.45, 7) is 2.06. The summed E-state index contributed by atoms with van der Waals surface area (Å²) >= 11 is 2.00. The van der Waals surface area contributed by atoms with Gasteiger partial charge in [0.2, 0.25) is 0 Å². The van der Waals surface area contributed by atoms with Crippen molar-refractivity contribution < 1.29 is 4.74 Å². The molecule has 1 N–H and O–H groups in total. The van der Waals surface area contributed by atoms with E-state index in [1.165, 1.54) is 23.3 Å². The van der Waals surface area contributed by atoms with Crippen molar-refractivity contribution in [2.24, 2.45) is 0 Å². The molecule has 0 amide bonds. The predicted molar refractivity (Wildman–Crippen MR) is 68.2 cm³/mol. The molecule has 0 saturated carbocycles. The second kappa shape index (κ2) is 4.68. The quantitative estimate of drug-likeness (QED) is 0.849. The van der Waals surface area contributed by atoms with Crippen molar-refractivity contribution >= 4 is 11.8 Å². The Hall–Kier alpha value is -0.670. The minimum atomic E-state index is 0.429. The van der Waals surface area contributed by atoms with Gasteiger partial charge in [-0.05, 0) is 36.8 Å². The summed E-state index contributed by atoms with van der Waals surface area (Å²) in [5.74, 6) is 3.51. The van der Waals surface area contributed by atoms with Crippen molar-refractivity contribution in [2.75, 3.05) is 18.1 Å². The first kappa shape index (κ1) is 10.5. The molecular formula is C13H17NOS. The van der Waals surface area contributed by atoms with Crippen LogP contribution in [0.2, 0.25) is 0 Å². The summed E-state index contributed by atoms with van der Waals surface area (Å²) in [5, 5.41) is 3.42. The second-order valence-electron chi connectivity index (χ2n) is 4.42. The fourth-order valence-electron chi connectivity index (χ4n) is 2.38. The highest BCUT2D eigenvalue weighted by atomic mass is 32.2. The third-order valence-electron chi connectivity index (χ3n) is 3.28. The molecule has 0 spiro atoms. The average molecular weight is 235 g/mol. The van der Waals surface area contributed by atoms with E-state index in [2.05, 4.69) is 23.5 Å². The van der Waals surface area contributed by atoms with Gasteiger partial charge in [-0.25, -0.2) is 0 Å². The topological polar surface area (TPSA) is 21.3 Å². The Morgan fingerprint density at radius 1 is 1.38 bits per heavy atom. The zero-order valence-electron chi connectivity index (χ0n) is 9.37. The van der Waals surface area contributed by atoms with Crippen LogP contribution in [-0.2, 0) is 13.0 Å². The first-order valence-electron chi connectivity index (χ1n) is 5.99. The van der Waals surface area contributed by atoms with Crippen molar-refractivity contribution in [3.63, 3.8) is 0 Å². The lowest BCUT2D eigenvalue weighted by Gasteiger charge is -2.22. The summed E-state index contributed by atoms with van der Waals surface area (Å²) in [6, 6.07) is 6.48. The van der Waals surface area contributed by atoms with Crippen LogP contribution in [-0.4, -0.2) is 24.2 Å². The molecule has 1 aromatic carbocycles. The fraction of sp³-hybridized carbons (Fsp3) is 0.538. The van der Waals surface area contributed by atoms with E-state index in [9.17, 15) is 0 Å². The van der Waals surface area contributed by atoms with E-state index in [0.717, 1.165) is 31.0 Å². The van der Waals surface area contributed by atoms with Crippen LogP contribution in [0.25, 0.3) is 0 Å². The van der Waals surface area contributed by atoms with Crippen LogP contribution in [0.3, 0.4) is 0 Å². The molecule has 0 aromatic heterocycles. The average Bonchev–Trinajstić information content (AvgIpc) is 2.82. The highest BCUT2D eigenvalue weighted by Crippen LogP contribution is 2.29. The van der Waals surface area contributed by atoms with Crippen molar-refractivity contribution in [1.82, 2.24) is 5.32 Å². The Morgan fingerprint density at radius 3 is 3.25 bits per heavy atom. The van der Waals surface area contributed by atoms with Gasteiger partial charge in [-0.2, -0.15) is 11.8 Å². The second-order valence-corrected chi connectivity index (χ2v) is 5.57. The summed E-state index contributed by atoms with van der Waals surface area (Å²) in [6.07, 6.45) is 2.76. The van der Waals surface area contributed by atoms with Crippen LogP contribution >= 0.6 is 11.8 Å². The van der Waals surface area contributed by atoms with Gasteiger partial charge in [0.15, 0.2) is 0 Å². The number of rotatable bonds is 2. The van der Waals surface area contributed by atoms with Gasteiger partial charge in [-0.3, -0.25) is 0 Å². The normalized spacial score (nSPS) is 24.1. The van der Waals surface area contributed by atoms with E-state index < -0.39 is 0 Å². The molecule has 86 valence electrons. The van der Waals surface area contributed by atoms with Crippen molar-refractivity contribution in [3.8, 4) is 5.75 Å². The highest BCUT2D eigenvalue weighted by Gasteiger charge is 2.20. The van der Waals surface area contributed by atoms with E-state index in [1.807, 2.05) is 11.8 Å². The number of hydrogen-bond acceptors (Lipinski definition) is 3. The molecule has 1 aromatic rings. The molecule has 0 aliphatic carbocycles. The van der Waals surface area contributed by atoms with E-state index in [-0.39, 0.29) is 0 Å². The van der Waals surface area contributed by atoms with Gasteiger partial charge in [-0.15, -0.1) is 0 Å². The third-order valence-corrected chi connectivity index (χ3v) is 4.42. The minimum absolute atomic E-state index is 0.429. The summed E-state index contributed by atoms with van der Waals surface area (Å²) in [5.41, 5.74) is 2.84. The Morgan fingerprint density at radius 2 is 2.38 bits per heavy atom. The molecule has 1 saturated heterocycles. The molecule has 2 heterocycles. The number of fused-ring (bicyclic) bond motifs is 1. The number of thioether (sulfide) groups is 1. The van der Waals surface area contributed by atoms with Crippen molar-refractivity contribution in [1.29, 1.82) is 0 Å². The summed E-state index contributed by atoms with van der Waals surface area (Å²) < 4.78 is 6.11. The largest absolute Gasteiger partial charge is 0.489 e. The Kier molecular flexibility index (Phi) is 3.06. The molecule has 0 bridgehead atoms. The van der Waals surface area contributed by atoms with Crippen LogP contribution in [0.5, 0.6) is 5.75 Å². The maximum Gasteiger partial charge on any atom is 0.124 e. The van der Waals surface area contributed by atoms with Crippen LogP contribution in [0, 0.1) is 0 Å². The number of ether oxygens (including phenoxy) is 1. The highest BCUT2D eigenvalue weighted by molar-refractivity contribution is 7.99. The SMILES string of the molecule is c1cc2c(c(OC3CCSC3)c1)CNCC2. The van der Waals surface area contributed by atoms with Gasteiger partial charge >= 0.3 is 0 Å². The van der Waals surface area contributed by atoms with E-state index in [1.54, 1.807) is 0 Å². The number of nitrogens with one attached hydrogen (secondary N) is 1. The predicted octanol–water partition coefficient (Wildman–Crippen LogP) is 2.22. The van der Waals surface area contributed by atoms with Gasteiger partial charge in [0, 0.05) is 17.9 Å². The zero-order chi connectivity index (χ0) is 10.8. The zero-order valence-corrected chi connectivity index (χ0v) is 10.2. The minimum Gasteiger partial charge on any atom is -0.489 e. The maximum absolute atomic E-state index is 6.11. The van der Waals surface area contributed by atoms with Gasteiger partial charge in [0.25, 0.3) is 0 Å². The standard InChI is InChI=1S/C13H17NOS/c1-2-10-4-6-14-8-12(10)13(3-1)15-11-5-7-16-9-11/h1-3,11,14H,4-9H2. The lowest BCUT2D eigenvalue weighted by molar-refractivity contribution is 0.226. The lowest BCUT2D eigenvalue weighted by atomic mass is 10.0. The van der Waals surface area contributed by atoms with Crippen LogP contribution in [0.4, 0.5) is 0 Å². The Balaban J connectivity index is 1.82. The molecule has 2 aliphatic rings. The van der Waals surface area contributed by atoms with Crippen molar-refractivity contribution in [3.05, 3.63) is 29.3 Å². The molecule has 3 heteroatoms. The van der Waals surface area contributed by atoms with E-state index in [0.29, 0.717) is 6.10 Å². The lowest BCUT2D eigenvalue weighted by Crippen LogP contribution is -2.25. The smallest absolute Gasteiger partial charge is 0.124 e. The third kappa shape index (κ3) is 2.06.